The minimum atomic E-state index is -1.37. The Labute approximate surface area is 161 Å². The maximum atomic E-state index is 13.8. The average molecular weight is 396 g/mol. The van der Waals surface area contributed by atoms with Crippen molar-refractivity contribution in [3.63, 3.8) is 0 Å². The monoisotopic (exact) mass is 396 g/mol. The van der Waals surface area contributed by atoms with E-state index in [-0.39, 0.29) is 41.5 Å². The Morgan fingerprint density at radius 1 is 1.44 bits per heavy atom. The van der Waals surface area contributed by atoms with E-state index in [0.29, 0.717) is 10.6 Å². The molecule has 146 valence electrons. The number of hydrogen-bond acceptors (Lipinski definition) is 5. The van der Waals surface area contributed by atoms with Crippen LogP contribution in [-0.4, -0.2) is 45.8 Å². The predicted octanol–water partition coefficient (Wildman–Crippen LogP) is 3.71. The second kappa shape index (κ2) is 7.91. The molecule has 0 fully saturated rings. The summed E-state index contributed by atoms with van der Waals surface area (Å²) in [6.45, 7) is 3.26. The summed E-state index contributed by atoms with van der Waals surface area (Å²) >= 11 is 5.33. The Bertz CT molecular complexity index is 822. The van der Waals surface area contributed by atoms with E-state index >= 15 is 0 Å². The van der Waals surface area contributed by atoms with Gasteiger partial charge in [0.2, 0.25) is 0 Å². The number of para-hydroxylation sites is 1. The van der Waals surface area contributed by atoms with Crippen molar-refractivity contribution in [3.8, 4) is 5.75 Å². The molecule has 1 heterocycles. The fourth-order valence-corrected chi connectivity index (χ4v) is 3.53. The molecule has 0 radical (unpaired) electrons. The fourth-order valence-electron chi connectivity index (χ4n) is 3.06. The normalized spacial score (nSPS) is 15.0. The predicted molar refractivity (Wildman–Crippen MR) is 102 cm³/mol. The van der Waals surface area contributed by atoms with Crippen LogP contribution < -0.4 is 10.1 Å². The SMILES string of the molecule is COc1c(F)cccc1NC(=S)CC(C)(C)C1=C(O)CCN(C(=O)O)C1=O. The number of ether oxygens (including phenoxy) is 1. The van der Waals surface area contributed by atoms with Crippen LogP contribution in [0.5, 0.6) is 5.75 Å². The molecular weight excluding hydrogens is 375 g/mol. The van der Waals surface area contributed by atoms with Gasteiger partial charge in [-0.25, -0.2) is 14.1 Å². The number of amides is 2. The largest absolute Gasteiger partial charge is 0.512 e. The number of carboxylic acid groups (broad SMARTS) is 1. The third-order valence-electron chi connectivity index (χ3n) is 4.28. The highest BCUT2D eigenvalue weighted by atomic mass is 32.1. The van der Waals surface area contributed by atoms with Gasteiger partial charge >= 0.3 is 6.09 Å². The number of methoxy groups -OCH3 is 1. The molecular formula is C18H21FN2O5S. The fraction of sp³-hybridized carbons (Fsp3) is 0.389. The van der Waals surface area contributed by atoms with Gasteiger partial charge in [-0.3, -0.25) is 4.79 Å². The molecule has 9 heteroatoms. The third-order valence-corrected chi connectivity index (χ3v) is 4.52. The first-order chi connectivity index (χ1) is 12.6. The Kier molecular flexibility index (Phi) is 6.04. The smallest absolute Gasteiger partial charge is 0.414 e. The summed E-state index contributed by atoms with van der Waals surface area (Å²) in [5.74, 6) is -1.45. The molecule has 2 amide bonds. The molecule has 0 aliphatic carbocycles. The lowest BCUT2D eigenvalue weighted by Crippen LogP contribution is -2.44. The van der Waals surface area contributed by atoms with Crippen LogP contribution in [0.3, 0.4) is 0 Å². The Morgan fingerprint density at radius 2 is 2.11 bits per heavy atom. The van der Waals surface area contributed by atoms with Crippen LogP contribution in [0.1, 0.15) is 26.7 Å². The highest BCUT2D eigenvalue weighted by Crippen LogP contribution is 2.37. The average Bonchev–Trinajstić information content (AvgIpc) is 2.53. The first-order valence-electron chi connectivity index (χ1n) is 8.18. The third kappa shape index (κ3) is 4.36. The topological polar surface area (TPSA) is 99.1 Å². The highest BCUT2D eigenvalue weighted by Gasteiger charge is 2.40. The summed E-state index contributed by atoms with van der Waals surface area (Å²) in [6.07, 6.45) is -1.19. The number of carbonyl (C=O) groups is 2. The first-order valence-corrected chi connectivity index (χ1v) is 8.59. The Hall–Kier alpha value is -2.68. The lowest BCUT2D eigenvalue weighted by Gasteiger charge is -2.34. The number of carbonyl (C=O) groups excluding carboxylic acids is 1. The molecule has 1 aromatic carbocycles. The molecule has 2 rings (SSSR count). The minimum absolute atomic E-state index is 0.00511. The van der Waals surface area contributed by atoms with Crippen molar-refractivity contribution in [3.05, 3.63) is 35.3 Å². The molecule has 0 bridgehead atoms. The van der Waals surface area contributed by atoms with Crippen LogP contribution in [0.15, 0.2) is 29.5 Å². The summed E-state index contributed by atoms with van der Waals surface area (Å²) in [4.78, 5) is 24.7. The number of anilines is 1. The lowest BCUT2D eigenvalue weighted by atomic mass is 9.78. The van der Waals surface area contributed by atoms with Gasteiger partial charge in [-0.15, -0.1) is 0 Å². The number of aliphatic hydroxyl groups is 1. The summed E-state index contributed by atoms with van der Waals surface area (Å²) in [7, 11) is 1.33. The Morgan fingerprint density at radius 3 is 2.70 bits per heavy atom. The summed E-state index contributed by atoms with van der Waals surface area (Å²) in [6, 6.07) is 4.34. The van der Waals surface area contributed by atoms with Crippen LogP contribution in [0.2, 0.25) is 0 Å². The van der Waals surface area contributed by atoms with Crippen LogP contribution in [0.25, 0.3) is 0 Å². The van der Waals surface area contributed by atoms with E-state index < -0.39 is 23.2 Å². The summed E-state index contributed by atoms with van der Waals surface area (Å²) in [5, 5.41) is 22.2. The standard InChI is InChI=1S/C18H21FN2O5S/c1-18(2,14-12(22)7-8-21(16(14)23)17(24)25)9-13(27)20-11-6-4-5-10(19)15(11)26-3/h4-6,22H,7-9H2,1-3H3,(H,20,27)(H,24,25). The van der Waals surface area contributed by atoms with Crippen LogP contribution in [-0.2, 0) is 4.79 Å². The number of nitrogens with zero attached hydrogens (tertiary/aromatic N) is 1. The molecule has 0 saturated carbocycles. The number of imide groups is 1. The second-order valence-corrected chi connectivity index (χ2v) is 7.23. The van der Waals surface area contributed by atoms with E-state index in [2.05, 4.69) is 5.32 Å². The Balaban J connectivity index is 2.22. The lowest BCUT2D eigenvalue weighted by molar-refractivity contribution is -0.127. The summed E-state index contributed by atoms with van der Waals surface area (Å²) < 4.78 is 18.8. The molecule has 1 aliphatic heterocycles. The van der Waals surface area contributed by atoms with Crippen molar-refractivity contribution in [2.24, 2.45) is 5.41 Å². The number of aliphatic hydroxyl groups excluding tert-OH is 1. The number of halogens is 1. The molecule has 0 spiro atoms. The van der Waals surface area contributed by atoms with Crippen molar-refractivity contribution in [2.45, 2.75) is 26.7 Å². The van der Waals surface area contributed by atoms with Gasteiger partial charge in [0.25, 0.3) is 5.91 Å². The number of rotatable bonds is 5. The van der Waals surface area contributed by atoms with E-state index in [1.807, 2.05) is 0 Å². The minimum Gasteiger partial charge on any atom is -0.512 e. The summed E-state index contributed by atoms with van der Waals surface area (Å²) in [5.41, 5.74) is -0.606. The van der Waals surface area contributed by atoms with E-state index in [1.54, 1.807) is 19.9 Å². The molecule has 0 saturated heterocycles. The van der Waals surface area contributed by atoms with Crippen molar-refractivity contribution >= 4 is 34.9 Å². The molecule has 27 heavy (non-hydrogen) atoms. The van der Waals surface area contributed by atoms with Crippen molar-refractivity contribution in [1.29, 1.82) is 0 Å². The van der Waals surface area contributed by atoms with Crippen LogP contribution in [0, 0.1) is 11.2 Å². The van der Waals surface area contributed by atoms with Crippen molar-refractivity contribution < 1.29 is 28.9 Å². The molecule has 0 atom stereocenters. The highest BCUT2D eigenvalue weighted by molar-refractivity contribution is 7.80. The molecule has 0 aromatic heterocycles. The number of benzene rings is 1. The zero-order chi connectivity index (χ0) is 20.4. The van der Waals surface area contributed by atoms with Gasteiger partial charge in [-0.1, -0.05) is 32.1 Å². The zero-order valence-electron chi connectivity index (χ0n) is 15.2. The molecule has 7 nitrogen and oxygen atoms in total. The van der Waals surface area contributed by atoms with Gasteiger partial charge < -0.3 is 20.3 Å². The van der Waals surface area contributed by atoms with Gasteiger partial charge in [0.05, 0.1) is 23.4 Å². The van der Waals surface area contributed by atoms with Crippen molar-refractivity contribution in [2.75, 3.05) is 19.0 Å². The van der Waals surface area contributed by atoms with E-state index in [1.165, 1.54) is 19.2 Å². The number of thiocarbonyl (C=S) groups is 1. The van der Waals surface area contributed by atoms with Crippen LogP contribution in [0.4, 0.5) is 14.9 Å². The second-order valence-electron chi connectivity index (χ2n) is 6.74. The molecule has 0 unspecified atom stereocenters. The van der Waals surface area contributed by atoms with E-state index in [4.69, 9.17) is 22.1 Å². The van der Waals surface area contributed by atoms with Gasteiger partial charge in [-0.05, 0) is 12.1 Å². The van der Waals surface area contributed by atoms with Gasteiger partial charge in [0, 0.05) is 24.8 Å². The van der Waals surface area contributed by atoms with Gasteiger partial charge in [0.1, 0.15) is 5.76 Å². The molecule has 3 N–H and O–H groups in total. The van der Waals surface area contributed by atoms with E-state index in [9.17, 15) is 19.1 Å². The van der Waals surface area contributed by atoms with E-state index in [0.717, 1.165) is 0 Å². The number of hydrogen-bond donors (Lipinski definition) is 3. The number of nitrogens with one attached hydrogen (secondary N) is 1. The zero-order valence-corrected chi connectivity index (χ0v) is 16.0. The quantitative estimate of drug-likeness (QED) is 0.653. The molecule has 1 aliphatic rings. The van der Waals surface area contributed by atoms with Gasteiger partial charge in [0.15, 0.2) is 11.6 Å². The maximum Gasteiger partial charge on any atom is 0.414 e. The van der Waals surface area contributed by atoms with Crippen molar-refractivity contribution in [1.82, 2.24) is 4.90 Å². The van der Waals surface area contributed by atoms with Gasteiger partial charge in [-0.2, -0.15) is 0 Å². The molecule has 1 aromatic rings. The maximum absolute atomic E-state index is 13.8. The first kappa shape index (κ1) is 20.6. The van der Waals surface area contributed by atoms with Crippen LogP contribution >= 0.6 is 12.2 Å².